The molecule has 0 fully saturated rings. The van der Waals surface area contributed by atoms with Gasteiger partial charge in [0.25, 0.3) is 0 Å². The van der Waals surface area contributed by atoms with Crippen LogP contribution in [-0.4, -0.2) is 26.6 Å². The number of hydrogen-bond acceptors (Lipinski definition) is 3. The summed E-state index contributed by atoms with van der Waals surface area (Å²) < 4.78 is 5.42. The van der Waals surface area contributed by atoms with E-state index in [1.165, 1.54) is 0 Å². The van der Waals surface area contributed by atoms with E-state index in [0.29, 0.717) is 6.54 Å². The van der Waals surface area contributed by atoms with Crippen LogP contribution in [0.5, 0.6) is 5.75 Å². The van der Waals surface area contributed by atoms with Crippen molar-refractivity contribution in [1.29, 1.82) is 0 Å². The maximum Gasteiger partial charge on any atom is 0.231 e. The molecule has 19 heavy (non-hydrogen) atoms. The molecule has 1 atom stereocenters. The summed E-state index contributed by atoms with van der Waals surface area (Å²) in [4.78, 5) is 14.0. The lowest BCUT2D eigenvalue weighted by Crippen LogP contribution is -2.36. The molecule has 1 aromatic carbocycles. The van der Waals surface area contributed by atoms with Gasteiger partial charge in [-0.3, -0.25) is 4.79 Å². The van der Waals surface area contributed by atoms with Crippen LogP contribution in [0.25, 0.3) is 0 Å². The second-order valence-corrected chi connectivity index (χ2v) is 4.87. The zero-order chi connectivity index (χ0) is 14.6. The van der Waals surface area contributed by atoms with Crippen LogP contribution in [-0.2, 0) is 4.79 Å². The number of nitrogens with zero attached hydrogens (tertiary/aromatic N) is 1. The van der Waals surface area contributed by atoms with Crippen LogP contribution < -0.4 is 15.4 Å². The monoisotopic (exact) mass is 264 g/mol. The largest absolute Gasteiger partial charge is 0.494 e. The van der Waals surface area contributed by atoms with Gasteiger partial charge in [0.2, 0.25) is 5.91 Å². The van der Waals surface area contributed by atoms with E-state index in [4.69, 9.17) is 10.5 Å². The van der Waals surface area contributed by atoms with Gasteiger partial charge in [0.15, 0.2) is 0 Å². The number of ether oxygens (including phenoxy) is 1. The third kappa shape index (κ3) is 3.26. The third-order valence-electron chi connectivity index (χ3n) is 3.42. The predicted molar refractivity (Wildman–Crippen MR) is 78.7 cm³/mol. The number of amides is 1. The molecule has 0 aliphatic rings. The van der Waals surface area contributed by atoms with Crippen LogP contribution in [0.15, 0.2) is 12.1 Å². The van der Waals surface area contributed by atoms with Gasteiger partial charge >= 0.3 is 0 Å². The Morgan fingerprint density at radius 2 is 2.05 bits per heavy atom. The SMILES string of the molecule is CCC(CN)C(=O)N(C)c1cc(C)cc(C)c1OC. The van der Waals surface area contributed by atoms with Gasteiger partial charge < -0.3 is 15.4 Å². The first-order valence-electron chi connectivity index (χ1n) is 6.59. The summed E-state index contributed by atoms with van der Waals surface area (Å²) in [5.74, 6) is 0.636. The summed E-state index contributed by atoms with van der Waals surface area (Å²) in [7, 11) is 3.40. The van der Waals surface area contributed by atoms with Gasteiger partial charge in [-0.2, -0.15) is 0 Å². The fourth-order valence-electron chi connectivity index (χ4n) is 2.28. The van der Waals surface area contributed by atoms with E-state index >= 15 is 0 Å². The van der Waals surface area contributed by atoms with Crippen molar-refractivity contribution in [3.05, 3.63) is 23.3 Å². The average molecular weight is 264 g/mol. The first-order valence-corrected chi connectivity index (χ1v) is 6.59. The molecule has 0 aliphatic heterocycles. The van der Waals surface area contributed by atoms with Crippen molar-refractivity contribution in [2.75, 3.05) is 25.6 Å². The summed E-state index contributed by atoms with van der Waals surface area (Å²) in [6.07, 6.45) is 0.743. The molecule has 0 saturated carbocycles. The van der Waals surface area contributed by atoms with E-state index in [0.717, 1.165) is 29.0 Å². The first kappa shape index (κ1) is 15.5. The van der Waals surface area contributed by atoms with Gasteiger partial charge in [-0.05, 0) is 37.5 Å². The number of carbonyl (C=O) groups is 1. The van der Waals surface area contributed by atoms with E-state index in [-0.39, 0.29) is 11.8 Å². The Bertz CT molecular complexity index is 454. The van der Waals surface area contributed by atoms with Crippen molar-refractivity contribution in [3.8, 4) is 5.75 Å². The quantitative estimate of drug-likeness (QED) is 0.887. The molecular weight excluding hydrogens is 240 g/mol. The van der Waals surface area contributed by atoms with Gasteiger partial charge in [0.05, 0.1) is 18.7 Å². The minimum atomic E-state index is -0.143. The van der Waals surface area contributed by atoms with Crippen molar-refractivity contribution >= 4 is 11.6 Å². The molecule has 0 heterocycles. The minimum absolute atomic E-state index is 0.0355. The van der Waals surface area contributed by atoms with Crippen LogP contribution in [0.3, 0.4) is 0 Å². The molecule has 106 valence electrons. The van der Waals surface area contributed by atoms with E-state index < -0.39 is 0 Å². The molecular formula is C15H24N2O2. The van der Waals surface area contributed by atoms with Crippen molar-refractivity contribution in [2.24, 2.45) is 11.7 Å². The smallest absolute Gasteiger partial charge is 0.231 e. The van der Waals surface area contributed by atoms with Crippen molar-refractivity contribution in [3.63, 3.8) is 0 Å². The summed E-state index contributed by atoms with van der Waals surface area (Å²) in [5, 5.41) is 0. The second kappa shape index (κ2) is 6.57. The number of carbonyl (C=O) groups excluding carboxylic acids is 1. The Hall–Kier alpha value is -1.55. The Labute approximate surface area is 115 Å². The fraction of sp³-hybridized carbons (Fsp3) is 0.533. The van der Waals surface area contributed by atoms with Crippen LogP contribution in [0, 0.1) is 19.8 Å². The Morgan fingerprint density at radius 3 is 2.53 bits per heavy atom. The predicted octanol–water partition coefficient (Wildman–Crippen LogP) is 2.26. The number of rotatable bonds is 5. The molecule has 0 saturated heterocycles. The molecule has 0 radical (unpaired) electrons. The van der Waals surface area contributed by atoms with Crippen molar-refractivity contribution < 1.29 is 9.53 Å². The molecule has 0 aromatic heterocycles. The van der Waals surface area contributed by atoms with Gasteiger partial charge in [-0.1, -0.05) is 13.0 Å². The Balaban J connectivity index is 3.18. The maximum absolute atomic E-state index is 12.4. The molecule has 1 rings (SSSR count). The zero-order valence-electron chi connectivity index (χ0n) is 12.5. The highest BCUT2D eigenvalue weighted by Gasteiger charge is 2.23. The van der Waals surface area contributed by atoms with Gasteiger partial charge in [-0.25, -0.2) is 0 Å². The van der Waals surface area contributed by atoms with E-state index in [9.17, 15) is 4.79 Å². The van der Waals surface area contributed by atoms with E-state index in [2.05, 4.69) is 0 Å². The van der Waals surface area contributed by atoms with Crippen LogP contribution >= 0.6 is 0 Å². The second-order valence-electron chi connectivity index (χ2n) is 4.87. The summed E-state index contributed by atoms with van der Waals surface area (Å²) in [5.41, 5.74) is 8.59. The number of anilines is 1. The highest BCUT2D eigenvalue weighted by Crippen LogP contribution is 2.33. The van der Waals surface area contributed by atoms with E-state index in [1.807, 2.05) is 32.9 Å². The molecule has 0 aliphatic carbocycles. The molecule has 2 N–H and O–H groups in total. The summed E-state index contributed by atoms with van der Waals surface area (Å²) in [6.45, 7) is 6.33. The first-order chi connectivity index (χ1) is 8.96. The van der Waals surface area contributed by atoms with Gasteiger partial charge in [0.1, 0.15) is 5.75 Å². The molecule has 1 aromatic rings. The zero-order valence-corrected chi connectivity index (χ0v) is 12.5. The number of aryl methyl sites for hydroxylation is 2. The highest BCUT2D eigenvalue weighted by molar-refractivity contribution is 5.96. The third-order valence-corrected chi connectivity index (χ3v) is 3.42. The Morgan fingerprint density at radius 1 is 1.42 bits per heavy atom. The lowest BCUT2D eigenvalue weighted by Gasteiger charge is -2.25. The number of nitrogens with two attached hydrogens (primary N) is 1. The highest BCUT2D eigenvalue weighted by atomic mass is 16.5. The van der Waals surface area contributed by atoms with Gasteiger partial charge in [0, 0.05) is 13.6 Å². The van der Waals surface area contributed by atoms with Crippen molar-refractivity contribution in [1.82, 2.24) is 0 Å². The Kier molecular flexibility index (Phi) is 5.36. The summed E-state index contributed by atoms with van der Waals surface area (Å²) >= 11 is 0. The minimum Gasteiger partial charge on any atom is -0.494 e. The number of hydrogen-bond donors (Lipinski definition) is 1. The van der Waals surface area contributed by atoms with Crippen LogP contribution in [0.2, 0.25) is 0 Å². The molecule has 0 spiro atoms. The van der Waals surface area contributed by atoms with Gasteiger partial charge in [-0.15, -0.1) is 0 Å². The fourth-order valence-corrected chi connectivity index (χ4v) is 2.28. The number of benzene rings is 1. The average Bonchev–Trinajstić information content (AvgIpc) is 2.38. The van der Waals surface area contributed by atoms with E-state index in [1.54, 1.807) is 19.1 Å². The van der Waals surface area contributed by atoms with Crippen LogP contribution in [0.4, 0.5) is 5.69 Å². The standard InChI is InChI=1S/C15H24N2O2/c1-6-12(9-16)15(18)17(4)13-8-10(2)7-11(3)14(13)19-5/h7-8,12H,6,9,16H2,1-5H3. The maximum atomic E-state index is 12.4. The molecule has 1 amide bonds. The lowest BCUT2D eigenvalue weighted by atomic mass is 10.0. The lowest BCUT2D eigenvalue weighted by molar-refractivity contribution is -0.121. The van der Waals surface area contributed by atoms with Crippen molar-refractivity contribution in [2.45, 2.75) is 27.2 Å². The summed E-state index contributed by atoms with van der Waals surface area (Å²) in [6, 6.07) is 4.01. The topological polar surface area (TPSA) is 55.6 Å². The number of methoxy groups -OCH3 is 1. The molecule has 0 bridgehead atoms. The molecule has 1 unspecified atom stereocenters. The van der Waals surface area contributed by atoms with Crippen LogP contribution in [0.1, 0.15) is 24.5 Å². The normalized spacial score (nSPS) is 12.1. The molecule has 4 heteroatoms. The molecule has 4 nitrogen and oxygen atoms in total.